The smallest absolute Gasteiger partial charge is 0.0510 e. The number of hydrogen-bond acceptors (Lipinski definition) is 4. The molecule has 0 aliphatic carbocycles. The van der Waals surface area contributed by atoms with E-state index in [1.165, 1.54) is 12.0 Å². The van der Waals surface area contributed by atoms with E-state index in [9.17, 15) is 0 Å². The normalized spacial score (nSPS) is 20.9. The van der Waals surface area contributed by atoms with Crippen LogP contribution in [0.4, 0.5) is 0 Å². The summed E-state index contributed by atoms with van der Waals surface area (Å²) in [6, 6.07) is 4.70. The highest BCUT2D eigenvalue weighted by Crippen LogP contribution is 2.18. The summed E-state index contributed by atoms with van der Waals surface area (Å²) in [6.07, 6.45) is 4.91. The van der Waals surface area contributed by atoms with Gasteiger partial charge in [0.05, 0.1) is 6.61 Å². The minimum Gasteiger partial charge on any atom is -0.381 e. The average molecular weight is 263 g/mol. The van der Waals surface area contributed by atoms with Gasteiger partial charge in [-0.2, -0.15) is 0 Å². The van der Waals surface area contributed by atoms with Crippen LogP contribution in [0.2, 0.25) is 0 Å². The van der Waals surface area contributed by atoms with Crippen molar-refractivity contribution in [3.05, 3.63) is 30.1 Å². The Morgan fingerprint density at radius 1 is 1.47 bits per heavy atom. The maximum absolute atomic E-state index is 5.51. The van der Waals surface area contributed by atoms with Crippen LogP contribution in [0.3, 0.4) is 0 Å². The molecule has 19 heavy (non-hydrogen) atoms. The monoisotopic (exact) mass is 263 g/mol. The number of ether oxygens (including phenoxy) is 1. The minimum atomic E-state index is 0.518. The molecule has 4 nitrogen and oxygen atoms in total. The molecule has 106 valence electrons. The van der Waals surface area contributed by atoms with Gasteiger partial charge in [0.25, 0.3) is 0 Å². The number of aromatic nitrogens is 1. The molecule has 1 aromatic heterocycles. The van der Waals surface area contributed by atoms with Crippen LogP contribution < -0.4 is 5.32 Å². The quantitative estimate of drug-likeness (QED) is 0.809. The van der Waals surface area contributed by atoms with E-state index in [1.807, 2.05) is 12.4 Å². The maximum Gasteiger partial charge on any atom is 0.0510 e. The Labute approximate surface area is 116 Å². The van der Waals surface area contributed by atoms with Crippen LogP contribution >= 0.6 is 0 Å². The predicted octanol–water partition coefficient (Wildman–Crippen LogP) is 1.53. The third kappa shape index (κ3) is 4.27. The van der Waals surface area contributed by atoms with Crippen molar-refractivity contribution in [1.82, 2.24) is 15.2 Å². The lowest BCUT2D eigenvalue weighted by atomic mass is 9.98. The van der Waals surface area contributed by atoms with Gasteiger partial charge in [-0.1, -0.05) is 6.92 Å². The van der Waals surface area contributed by atoms with Crippen molar-refractivity contribution >= 4 is 0 Å². The van der Waals surface area contributed by atoms with Gasteiger partial charge in [-0.05, 0) is 37.7 Å². The van der Waals surface area contributed by atoms with Crippen molar-refractivity contribution in [2.45, 2.75) is 25.9 Å². The first kappa shape index (κ1) is 14.4. The highest BCUT2D eigenvalue weighted by Gasteiger charge is 2.25. The van der Waals surface area contributed by atoms with E-state index < -0.39 is 0 Å². The van der Waals surface area contributed by atoms with Crippen LogP contribution in [-0.4, -0.2) is 49.3 Å². The second kappa shape index (κ2) is 7.58. The number of pyridine rings is 1. The summed E-state index contributed by atoms with van der Waals surface area (Å²) < 4.78 is 5.51. The first-order chi connectivity index (χ1) is 9.33. The molecule has 1 saturated heterocycles. The Bertz CT molecular complexity index is 352. The molecule has 4 heteroatoms. The molecule has 0 radical (unpaired) electrons. The van der Waals surface area contributed by atoms with Gasteiger partial charge in [-0.3, -0.25) is 9.88 Å². The molecule has 2 rings (SSSR count). The van der Waals surface area contributed by atoms with Crippen LogP contribution in [-0.2, 0) is 11.3 Å². The Kier molecular flexibility index (Phi) is 5.76. The topological polar surface area (TPSA) is 37.4 Å². The molecule has 1 aliphatic rings. The summed E-state index contributed by atoms with van der Waals surface area (Å²) in [6.45, 7) is 7.17. The van der Waals surface area contributed by atoms with E-state index in [1.54, 1.807) is 0 Å². The zero-order valence-electron chi connectivity index (χ0n) is 12.0. The molecule has 1 aromatic rings. The van der Waals surface area contributed by atoms with Gasteiger partial charge >= 0.3 is 0 Å². The number of nitrogens with one attached hydrogen (secondary N) is 1. The Balaban J connectivity index is 1.89. The zero-order chi connectivity index (χ0) is 13.5. The van der Waals surface area contributed by atoms with Gasteiger partial charge in [-0.15, -0.1) is 0 Å². The summed E-state index contributed by atoms with van der Waals surface area (Å²) in [7, 11) is 2.06. The van der Waals surface area contributed by atoms with Gasteiger partial charge in [0.2, 0.25) is 0 Å². The largest absolute Gasteiger partial charge is 0.381 e. The molecule has 2 unspecified atom stereocenters. The van der Waals surface area contributed by atoms with E-state index >= 15 is 0 Å². The molecular weight excluding hydrogens is 238 g/mol. The average Bonchev–Trinajstić information content (AvgIpc) is 2.98. The van der Waals surface area contributed by atoms with Gasteiger partial charge in [0, 0.05) is 44.0 Å². The standard InChI is InChI=1S/C15H25N3O/c1-3-18(10-13-4-7-17-8-5-13)11-15(16-2)14-6-9-19-12-14/h4-5,7-8,14-16H,3,6,9-12H2,1-2H3. The molecule has 1 N–H and O–H groups in total. The van der Waals surface area contributed by atoms with Crippen molar-refractivity contribution in [2.75, 3.05) is 33.4 Å². The Hall–Kier alpha value is -0.970. The molecule has 0 spiro atoms. The lowest BCUT2D eigenvalue weighted by molar-refractivity contribution is 0.163. The molecule has 2 heterocycles. The van der Waals surface area contributed by atoms with E-state index in [0.717, 1.165) is 32.8 Å². The van der Waals surface area contributed by atoms with Crippen LogP contribution in [0, 0.1) is 5.92 Å². The fourth-order valence-electron chi connectivity index (χ4n) is 2.68. The molecule has 0 aromatic carbocycles. The Morgan fingerprint density at radius 3 is 2.84 bits per heavy atom. The second-order valence-electron chi connectivity index (χ2n) is 5.20. The minimum absolute atomic E-state index is 0.518. The number of hydrogen-bond donors (Lipinski definition) is 1. The molecule has 0 bridgehead atoms. The molecular formula is C15H25N3O. The summed E-state index contributed by atoms with van der Waals surface area (Å²) in [5, 5.41) is 3.46. The second-order valence-corrected chi connectivity index (χ2v) is 5.20. The van der Waals surface area contributed by atoms with E-state index in [4.69, 9.17) is 4.74 Å². The van der Waals surface area contributed by atoms with Gasteiger partial charge in [0.1, 0.15) is 0 Å². The highest BCUT2D eigenvalue weighted by atomic mass is 16.5. The van der Waals surface area contributed by atoms with E-state index in [2.05, 4.69) is 41.3 Å². The van der Waals surface area contributed by atoms with Crippen LogP contribution in [0.1, 0.15) is 18.9 Å². The van der Waals surface area contributed by atoms with Crippen LogP contribution in [0.15, 0.2) is 24.5 Å². The number of nitrogens with zero attached hydrogens (tertiary/aromatic N) is 2. The van der Waals surface area contributed by atoms with Gasteiger partial charge in [-0.25, -0.2) is 0 Å². The van der Waals surface area contributed by atoms with Crippen molar-refractivity contribution in [2.24, 2.45) is 5.92 Å². The van der Waals surface area contributed by atoms with E-state index in [0.29, 0.717) is 12.0 Å². The third-order valence-electron chi connectivity index (χ3n) is 3.96. The van der Waals surface area contributed by atoms with Crippen molar-refractivity contribution in [1.29, 1.82) is 0 Å². The van der Waals surface area contributed by atoms with Crippen molar-refractivity contribution < 1.29 is 4.74 Å². The van der Waals surface area contributed by atoms with Gasteiger partial charge < -0.3 is 10.1 Å². The third-order valence-corrected chi connectivity index (χ3v) is 3.96. The lowest BCUT2D eigenvalue weighted by Crippen LogP contribution is -2.44. The zero-order valence-corrected chi connectivity index (χ0v) is 12.0. The summed E-state index contributed by atoms with van der Waals surface area (Å²) >= 11 is 0. The highest BCUT2D eigenvalue weighted by molar-refractivity contribution is 5.09. The Morgan fingerprint density at radius 2 is 2.26 bits per heavy atom. The van der Waals surface area contributed by atoms with Crippen LogP contribution in [0.25, 0.3) is 0 Å². The fourth-order valence-corrected chi connectivity index (χ4v) is 2.68. The molecule has 1 fully saturated rings. The fraction of sp³-hybridized carbons (Fsp3) is 0.667. The molecule has 0 amide bonds. The predicted molar refractivity (Wildman–Crippen MR) is 77.0 cm³/mol. The maximum atomic E-state index is 5.51. The first-order valence-electron chi connectivity index (χ1n) is 7.19. The first-order valence-corrected chi connectivity index (χ1v) is 7.19. The summed E-state index contributed by atoms with van der Waals surface area (Å²) in [5.74, 6) is 0.650. The summed E-state index contributed by atoms with van der Waals surface area (Å²) in [5.41, 5.74) is 1.33. The summed E-state index contributed by atoms with van der Waals surface area (Å²) in [4.78, 5) is 6.55. The molecule has 0 saturated carbocycles. The molecule has 1 aliphatic heterocycles. The lowest BCUT2D eigenvalue weighted by Gasteiger charge is -2.29. The van der Waals surface area contributed by atoms with Crippen molar-refractivity contribution in [3.63, 3.8) is 0 Å². The van der Waals surface area contributed by atoms with Crippen LogP contribution in [0.5, 0.6) is 0 Å². The van der Waals surface area contributed by atoms with E-state index in [-0.39, 0.29) is 0 Å². The van der Waals surface area contributed by atoms with Gasteiger partial charge in [0.15, 0.2) is 0 Å². The SMILES string of the molecule is CCN(Cc1ccncc1)CC(NC)C1CCOC1. The van der Waals surface area contributed by atoms with Crippen molar-refractivity contribution in [3.8, 4) is 0 Å². The molecule has 2 atom stereocenters. The number of rotatable bonds is 7. The number of likely N-dealkylation sites (N-methyl/N-ethyl adjacent to an activating group) is 2.